The highest BCUT2D eigenvalue weighted by molar-refractivity contribution is 7.99. The summed E-state index contributed by atoms with van der Waals surface area (Å²) >= 11 is 8.11. The lowest BCUT2D eigenvalue weighted by Gasteiger charge is -2.40. The smallest absolute Gasteiger partial charge is 0.0409 e. The summed E-state index contributed by atoms with van der Waals surface area (Å²) in [5, 5.41) is 4.59. The number of hydrogen-bond acceptors (Lipinski definition) is 2. The molecule has 1 aliphatic rings. The summed E-state index contributed by atoms with van der Waals surface area (Å²) in [6, 6.07) is 9.08. The van der Waals surface area contributed by atoms with E-state index in [0.717, 1.165) is 5.02 Å². The topological polar surface area (TPSA) is 12.0 Å². The fourth-order valence-corrected chi connectivity index (χ4v) is 4.20. The van der Waals surface area contributed by atoms with Gasteiger partial charge in [0.2, 0.25) is 0 Å². The molecule has 2 rings (SSSR count). The average Bonchev–Trinajstić information content (AvgIpc) is 2.31. The normalized spacial score (nSPS) is 24.8. The summed E-state index contributed by atoms with van der Waals surface area (Å²) in [6.45, 7) is 6.96. The molecule has 0 aliphatic carbocycles. The van der Waals surface area contributed by atoms with Gasteiger partial charge in [-0.05, 0) is 42.2 Å². The Morgan fingerprint density at radius 3 is 2.89 bits per heavy atom. The zero-order valence-corrected chi connectivity index (χ0v) is 12.9. The molecule has 1 aliphatic heterocycles. The highest BCUT2D eigenvalue weighted by atomic mass is 35.5. The Morgan fingerprint density at radius 1 is 1.44 bits per heavy atom. The molecule has 0 bridgehead atoms. The fourth-order valence-electron chi connectivity index (χ4n) is 2.38. The number of rotatable bonds is 3. The van der Waals surface area contributed by atoms with E-state index >= 15 is 0 Å². The van der Waals surface area contributed by atoms with Crippen molar-refractivity contribution in [3.8, 4) is 0 Å². The largest absolute Gasteiger partial charge is 0.306 e. The molecular formula is C15H22ClNS. The molecule has 1 aromatic rings. The van der Waals surface area contributed by atoms with Crippen LogP contribution >= 0.6 is 23.4 Å². The summed E-state index contributed by atoms with van der Waals surface area (Å²) in [4.78, 5) is 0. The third kappa shape index (κ3) is 3.43. The molecule has 1 fully saturated rings. The van der Waals surface area contributed by atoms with Gasteiger partial charge in [0, 0.05) is 22.9 Å². The molecule has 0 radical (unpaired) electrons. The molecule has 0 aromatic heterocycles. The molecule has 2 atom stereocenters. The van der Waals surface area contributed by atoms with Crippen molar-refractivity contribution in [2.75, 3.05) is 11.5 Å². The standard InChI is InChI=1S/C15H22ClNS/c1-11(12-5-4-6-13(16)9-12)17-14-10-18-8-7-15(14,2)3/h4-6,9,11,14,17H,7-8,10H2,1-3H3/t11-,14?/m0/s1. The van der Waals surface area contributed by atoms with Gasteiger partial charge in [-0.15, -0.1) is 0 Å². The van der Waals surface area contributed by atoms with Crippen LogP contribution < -0.4 is 5.32 Å². The second-order valence-corrected chi connectivity index (χ2v) is 7.40. The first-order chi connectivity index (χ1) is 8.49. The molecule has 1 heterocycles. The van der Waals surface area contributed by atoms with E-state index < -0.39 is 0 Å². The molecule has 1 nitrogen and oxygen atoms in total. The average molecular weight is 284 g/mol. The Hall–Kier alpha value is -0.180. The van der Waals surface area contributed by atoms with Crippen molar-refractivity contribution in [1.29, 1.82) is 0 Å². The fraction of sp³-hybridized carbons (Fsp3) is 0.600. The lowest BCUT2D eigenvalue weighted by atomic mass is 9.81. The van der Waals surface area contributed by atoms with Crippen LogP contribution in [0.3, 0.4) is 0 Å². The van der Waals surface area contributed by atoms with Crippen LogP contribution in [0.1, 0.15) is 38.8 Å². The lowest BCUT2D eigenvalue weighted by molar-refractivity contribution is 0.232. The highest BCUT2D eigenvalue weighted by Gasteiger charge is 2.33. The van der Waals surface area contributed by atoms with Gasteiger partial charge in [-0.3, -0.25) is 0 Å². The van der Waals surface area contributed by atoms with Crippen molar-refractivity contribution >= 4 is 23.4 Å². The minimum absolute atomic E-state index is 0.353. The van der Waals surface area contributed by atoms with Gasteiger partial charge in [0.15, 0.2) is 0 Å². The van der Waals surface area contributed by atoms with Crippen LogP contribution in [0.4, 0.5) is 0 Å². The maximum absolute atomic E-state index is 6.06. The van der Waals surface area contributed by atoms with Gasteiger partial charge in [0.05, 0.1) is 0 Å². The van der Waals surface area contributed by atoms with Gasteiger partial charge in [-0.1, -0.05) is 37.6 Å². The molecule has 1 aromatic carbocycles. The summed E-state index contributed by atoms with van der Waals surface area (Å²) in [7, 11) is 0. The molecule has 1 N–H and O–H groups in total. The molecule has 0 saturated carbocycles. The first-order valence-electron chi connectivity index (χ1n) is 6.58. The van der Waals surface area contributed by atoms with Crippen LogP contribution in [0, 0.1) is 5.41 Å². The van der Waals surface area contributed by atoms with E-state index in [1.54, 1.807) is 0 Å². The third-order valence-corrected chi connectivity index (χ3v) is 5.22. The summed E-state index contributed by atoms with van der Waals surface area (Å²) < 4.78 is 0. The lowest BCUT2D eigenvalue weighted by Crippen LogP contribution is -2.47. The van der Waals surface area contributed by atoms with Gasteiger partial charge in [0.1, 0.15) is 0 Å². The Labute approximate surface area is 120 Å². The second kappa shape index (κ2) is 5.85. The zero-order chi connectivity index (χ0) is 13.2. The quantitative estimate of drug-likeness (QED) is 0.875. The van der Waals surface area contributed by atoms with Crippen LogP contribution in [0.25, 0.3) is 0 Å². The second-order valence-electron chi connectivity index (χ2n) is 5.81. The zero-order valence-electron chi connectivity index (χ0n) is 11.4. The van der Waals surface area contributed by atoms with E-state index in [-0.39, 0.29) is 0 Å². The van der Waals surface area contributed by atoms with Crippen LogP contribution in [-0.2, 0) is 0 Å². The summed E-state index contributed by atoms with van der Waals surface area (Å²) in [5.41, 5.74) is 1.66. The Kier molecular flexibility index (Phi) is 4.63. The van der Waals surface area contributed by atoms with Crippen LogP contribution in [0.2, 0.25) is 5.02 Å². The van der Waals surface area contributed by atoms with E-state index in [1.165, 1.54) is 23.5 Å². The molecule has 3 heteroatoms. The van der Waals surface area contributed by atoms with Crippen LogP contribution in [0.5, 0.6) is 0 Å². The summed E-state index contributed by atoms with van der Waals surface area (Å²) in [6.07, 6.45) is 1.29. The van der Waals surface area contributed by atoms with Crippen molar-refractivity contribution in [1.82, 2.24) is 5.32 Å². The minimum Gasteiger partial charge on any atom is -0.306 e. The van der Waals surface area contributed by atoms with Crippen molar-refractivity contribution in [2.24, 2.45) is 5.41 Å². The predicted molar refractivity (Wildman–Crippen MR) is 82.5 cm³/mol. The van der Waals surface area contributed by atoms with Crippen molar-refractivity contribution in [3.05, 3.63) is 34.9 Å². The maximum Gasteiger partial charge on any atom is 0.0409 e. The van der Waals surface area contributed by atoms with Gasteiger partial charge in [0.25, 0.3) is 0 Å². The number of hydrogen-bond donors (Lipinski definition) is 1. The SMILES string of the molecule is C[C@H](NC1CSCCC1(C)C)c1cccc(Cl)c1. The monoisotopic (exact) mass is 283 g/mol. The maximum atomic E-state index is 6.06. The Balaban J connectivity index is 2.04. The van der Waals surface area contributed by atoms with Gasteiger partial charge in [-0.2, -0.15) is 11.8 Å². The summed E-state index contributed by atoms with van der Waals surface area (Å²) in [5.74, 6) is 2.49. The third-order valence-electron chi connectivity index (χ3n) is 3.92. The molecular weight excluding hydrogens is 262 g/mol. The number of benzene rings is 1. The molecule has 100 valence electrons. The van der Waals surface area contributed by atoms with Crippen molar-refractivity contribution < 1.29 is 0 Å². The van der Waals surface area contributed by atoms with Gasteiger partial charge >= 0.3 is 0 Å². The van der Waals surface area contributed by atoms with Gasteiger partial charge < -0.3 is 5.32 Å². The van der Waals surface area contributed by atoms with E-state index in [2.05, 4.69) is 50.0 Å². The number of nitrogens with one attached hydrogen (secondary N) is 1. The van der Waals surface area contributed by atoms with E-state index in [1.807, 2.05) is 12.1 Å². The molecule has 18 heavy (non-hydrogen) atoms. The Morgan fingerprint density at radius 2 is 2.22 bits per heavy atom. The molecule has 1 saturated heterocycles. The first kappa shape index (κ1) is 14.2. The van der Waals surface area contributed by atoms with Crippen LogP contribution in [0.15, 0.2) is 24.3 Å². The first-order valence-corrected chi connectivity index (χ1v) is 8.11. The predicted octanol–water partition coefficient (Wildman–Crippen LogP) is 4.52. The Bertz CT molecular complexity index is 405. The molecule has 0 amide bonds. The van der Waals surface area contributed by atoms with Crippen LogP contribution in [-0.4, -0.2) is 17.5 Å². The van der Waals surface area contributed by atoms with Gasteiger partial charge in [-0.25, -0.2) is 0 Å². The van der Waals surface area contributed by atoms with E-state index in [9.17, 15) is 0 Å². The highest BCUT2D eigenvalue weighted by Crippen LogP contribution is 2.35. The number of thioether (sulfide) groups is 1. The van der Waals surface area contributed by atoms with Crippen molar-refractivity contribution in [2.45, 2.75) is 39.3 Å². The van der Waals surface area contributed by atoms with E-state index in [4.69, 9.17) is 11.6 Å². The van der Waals surface area contributed by atoms with E-state index in [0.29, 0.717) is 17.5 Å². The minimum atomic E-state index is 0.353. The number of halogens is 1. The molecule has 0 spiro atoms. The van der Waals surface area contributed by atoms with Crippen molar-refractivity contribution in [3.63, 3.8) is 0 Å². The molecule has 1 unspecified atom stereocenters.